The highest BCUT2D eigenvalue weighted by molar-refractivity contribution is 5.99. The molecule has 1 saturated carbocycles. The molecule has 8 heteroatoms. The van der Waals surface area contributed by atoms with E-state index in [0.29, 0.717) is 22.8 Å². The summed E-state index contributed by atoms with van der Waals surface area (Å²) in [4.78, 5) is 23.6. The van der Waals surface area contributed by atoms with E-state index >= 15 is 0 Å². The quantitative estimate of drug-likeness (QED) is 0.389. The Morgan fingerprint density at radius 3 is 2.66 bits per heavy atom. The summed E-state index contributed by atoms with van der Waals surface area (Å²) in [6.07, 6.45) is 3.68. The molecular formula is C21H19N5O3. The lowest BCUT2D eigenvalue weighted by molar-refractivity contribution is -0.388. The highest BCUT2D eigenvalue weighted by atomic mass is 16.6. The third-order valence-corrected chi connectivity index (χ3v) is 5.47. The molecule has 0 radical (unpaired) electrons. The molecule has 3 aromatic heterocycles. The lowest BCUT2D eigenvalue weighted by Gasteiger charge is -2.10. The van der Waals surface area contributed by atoms with Crippen molar-refractivity contribution < 1.29 is 9.45 Å². The van der Waals surface area contributed by atoms with Gasteiger partial charge >= 0.3 is 5.82 Å². The van der Waals surface area contributed by atoms with Crippen LogP contribution < -0.4 is 0 Å². The van der Waals surface area contributed by atoms with Gasteiger partial charge in [-0.1, -0.05) is 5.16 Å². The minimum absolute atomic E-state index is 0.168. The number of aromatic amines is 1. The molecule has 146 valence electrons. The van der Waals surface area contributed by atoms with Gasteiger partial charge in [0.25, 0.3) is 0 Å². The van der Waals surface area contributed by atoms with Crippen molar-refractivity contribution in [3.63, 3.8) is 0 Å². The Morgan fingerprint density at radius 1 is 1.21 bits per heavy atom. The SMILES string of the molecule is Cc1ccnc([N+](=O)[O-])c1-c1cc(-c2c(C)noc2C)cc2[nH]c(C3CC3)nc12. The summed E-state index contributed by atoms with van der Waals surface area (Å²) >= 11 is 0. The van der Waals surface area contributed by atoms with Crippen molar-refractivity contribution in [2.75, 3.05) is 0 Å². The average Bonchev–Trinajstić information content (AvgIpc) is 3.36. The zero-order valence-electron chi connectivity index (χ0n) is 16.3. The fourth-order valence-corrected chi connectivity index (χ4v) is 3.93. The number of hydrogen-bond donors (Lipinski definition) is 1. The second kappa shape index (κ2) is 6.23. The summed E-state index contributed by atoms with van der Waals surface area (Å²) < 4.78 is 5.35. The van der Waals surface area contributed by atoms with E-state index in [1.807, 2.05) is 32.9 Å². The second-order valence-corrected chi connectivity index (χ2v) is 7.60. The van der Waals surface area contributed by atoms with Crippen molar-refractivity contribution in [2.45, 2.75) is 39.5 Å². The van der Waals surface area contributed by atoms with Gasteiger partial charge in [-0.3, -0.25) is 0 Å². The maximum Gasteiger partial charge on any atom is 0.371 e. The molecule has 29 heavy (non-hydrogen) atoms. The molecule has 1 N–H and O–H groups in total. The fraction of sp³-hybridized carbons (Fsp3) is 0.286. The third kappa shape index (κ3) is 2.79. The van der Waals surface area contributed by atoms with Gasteiger partial charge in [-0.2, -0.15) is 0 Å². The van der Waals surface area contributed by atoms with E-state index in [1.54, 1.807) is 6.07 Å². The monoisotopic (exact) mass is 389 g/mol. The summed E-state index contributed by atoms with van der Waals surface area (Å²) in [5.74, 6) is 1.90. The topological polar surface area (TPSA) is 111 Å². The molecule has 0 saturated heterocycles. The molecule has 0 bridgehead atoms. The molecule has 1 aliphatic carbocycles. The second-order valence-electron chi connectivity index (χ2n) is 7.60. The Kier molecular flexibility index (Phi) is 3.77. The van der Waals surface area contributed by atoms with Crippen molar-refractivity contribution in [3.8, 4) is 22.3 Å². The van der Waals surface area contributed by atoms with Gasteiger partial charge in [0, 0.05) is 17.0 Å². The molecule has 0 spiro atoms. The molecule has 5 rings (SSSR count). The van der Waals surface area contributed by atoms with Crippen molar-refractivity contribution >= 4 is 16.9 Å². The van der Waals surface area contributed by atoms with Gasteiger partial charge < -0.3 is 19.6 Å². The van der Waals surface area contributed by atoms with Gasteiger partial charge in [0.1, 0.15) is 17.8 Å². The lowest BCUT2D eigenvalue weighted by Crippen LogP contribution is -1.98. The van der Waals surface area contributed by atoms with E-state index in [0.717, 1.165) is 52.1 Å². The van der Waals surface area contributed by atoms with Crippen LogP contribution in [0.25, 0.3) is 33.3 Å². The predicted molar refractivity (Wildman–Crippen MR) is 108 cm³/mol. The third-order valence-electron chi connectivity index (χ3n) is 5.47. The van der Waals surface area contributed by atoms with E-state index in [1.165, 1.54) is 6.20 Å². The number of pyridine rings is 1. The van der Waals surface area contributed by atoms with Crippen molar-refractivity contribution in [2.24, 2.45) is 0 Å². The summed E-state index contributed by atoms with van der Waals surface area (Å²) in [7, 11) is 0. The van der Waals surface area contributed by atoms with Gasteiger partial charge in [-0.25, -0.2) is 4.98 Å². The van der Waals surface area contributed by atoms with Gasteiger partial charge in [-0.15, -0.1) is 0 Å². The molecule has 0 atom stereocenters. The number of imidazole rings is 1. The van der Waals surface area contributed by atoms with E-state index in [2.05, 4.69) is 15.1 Å². The molecule has 3 heterocycles. The van der Waals surface area contributed by atoms with Crippen LogP contribution in [0.1, 0.15) is 41.6 Å². The van der Waals surface area contributed by atoms with Crippen LogP contribution in [0.4, 0.5) is 5.82 Å². The molecule has 4 aromatic rings. The van der Waals surface area contributed by atoms with Gasteiger partial charge in [0.15, 0.2) is 0 Å². The van der Waals surface area contributed by atoms with Crippen LogP contribution in [0.2, 0.25) is 0 Å². The van der Waals surface area contributed by atoms with E-state index in [-0.39, 0.29) is 5.82 Å². The van der Waals surface area contributed by atoms with Gasteiger partial charge in [0.05, 0.1) is 22.3 Å². The number of fused-ring (bicyclic) bond motifs is 1. The molecule has 0 amide bonds. The van der Waals surface area contributed by atoms with Crippen LogP contribution in [0, 0.1) is 30.9 Å². The van der Waals surface area contributed by atoms with Crippen molar-refractivity contribution in [1.82, 2.24) is 20.1 Å². The van der Waals surface area contributed by atoms with Crippen LogP contribution in [0.3, 0.4) is 0 Å². The van der Waals surface area contributed by atoms with E-state index in [9.17, 15) is 10.1 Å². The van der Waals surface area contributed by atoms with Crippen LogP contribution in [-0.2, 0) is 0 Å². The lowest BCUT2D eigenvalue weighted by atomic mass is 9.95. The number of hydrogen-bond acceptors (Lipinski definition) is 6. The number of rotatable bonds is 4. The average molecular weight is 389 g/mol. The first kappa shape index (κ1) is 17.5. The first-order valence-corrected chi connectivity index (χ1v) is 9.51. The first-order chi connectivity index (χ1) is 13.9. The summed E-state index contributed by atoms with van der Waals surface area (Å²) in [6, 6.07) is 5.73. The zero-order chi connectivity index (χ0) is 20.3. The molecule has 1 fully saturated rings. The maximum atomic E-state index is 11.7. The number of aromatic nitrogens is 4. The first-order valence-electron chi connectivity index (χ1n) is 9.51. The summed E-state index contributed by atoms with van der Waals surface area (Å²) in [5.41, 5.74) is 6.07. The smallest absolute Gasteiger partial charge is 0.361 e. The highest BCUT2D eigenvalue weighted by Crippen LogP contribution is 2.43. The highest BCUT2D eigenvalue weighted by Gasteiger charge is 2.29. The number of nitrogens with zero attached hydrogens (tertiary/aromatic N) is 4. The number of nitro groups is 1. The van der Waals surface area contributed by atoms with Crippen LogP contribution in [0.15, 0.2) is 28.9 Å². The minimum Gasteiger partial charge on any atom is -0.361 e. The summed E-state index contributed by atoms with van der Waals surface area (Å²) in [5, 5.41) is 15.8. The molecule has 1 aromatic carbocycles. The molecular weight excluding hydrogens is 370 g/mol. The van der Waals surface area contributed by atoms with Crippen LogP contribution >= 0.6 is 0 Å². The Hall–Kier alpha value is -3.55. The Balaban J connectivity index is 1.86. The van der Waals surface area contributed by atoms with E-state index in [4.69, 9.17) is 9.51 Å². The zero-order valence-corrected chi connectivity index (χ0v) is 16.3. The molecule has 8 nitrogen and oxygen atoms in total. The normalized spacial score (nSPS) is 13.9. The van der Waals surface area contributed by atoms with E-state index < -0.39 is 4.92 Å². The maximum absolute atomic E-state index is 11.7. The largest absolute Gasteiger partial charge is 0.371 e. The number of aryl methyl sites for hydroxylation is 3. The van der Waals surface area contributed by atoms with Crippen LogP contribution in [-0.4, -0.2) is 25.0 Å². The number of benzene rings is 1. The minimum atomic E-state index is -0.439. The number of nitrogens with one attached hydrogen (secondary N) is 1. The standard InChI is InChI=1S/C21H19N5O3/c1-10-6-7-22-21(26(27)28)17(10)15-8-14(18-11(2)25-29-12(18)3)9-16-19(15)24-20(23-16)13-4-5-13/h6-9,13H,4-5H2,1-3H3,(H,23,24). The molecule has 1 aliphatic rings. The summed E-state index contributed by atoms with van der Waals surface area (Å²) in [6.45, 7) is 5.60. The van der Waals surface area contributed by atoms with Crippen molar-refractivity contribution in [1.29, 1.82) is 0 Å². The van der Waals surface area contributed by atoms with Crippen LogP contribution in [0.5, 0.6) is 0 Å². The Labute approximate surface area is 166 Å². The fourth-order valence-electron chi connectivity index (χ4n) is 3.93. The van der Waals surface area contributed by atoms with Gasteiger partial charge in [-0.05, 0) is 72.8 Å². The van der Waals surface area contributed by atoms with Gasteiger partial charge in [0.2, 0.25) is 0 Å². The molecule has 0 aliphatic heterocycles. The predicted octanol–water partition coefficient (Wildman–Crippen LogP) is 4.99. The Bertz CT molecular complexity index is 1260. The molecule has 0 unspecified atom stereocenters. The Morgan fingerprint density at radius 2 is 2.00 bits per heavy atom. The number of H-pyrrole nitrogens is 1. The van der Waals surface area contributed by atoms with Crippen molar-refractivity contribution in [3.05, 3.63) is 57.4 Å².